The van der Waals surface area contributed by atoms with Crippen molar-refractivity contribution in [2.45, 2.75) is 6.42 Å². The van der Waals surface area contributed by atoms with Crippen molar-refractivity contribution < 1.29 is 27.7 Å². The molecule has 10 rings (SSSR count). The maximum Gasteiger partial charge on any atom is 0.136 e. The van der Waals surface area contributed by atoms with Gasteiger partial charge in [-0.2, -0.15) is 0 Å². The van der Waals surface area contributed by atoms with Crippen LogP contribution < -0.4 is 0 Å². The molecule has 1 aromatic heterocycles. The molecule has 1 heteroatoms. The minimum Gasteiger partial charge on any atom is -0.456 e. The maximum absolute atomic E-state index is 9.51. The zero-order valence-electron chi connectivity index (χ0n) is 43.1. The standard InChI is InChI=1S/C49H32O/c1-2-11-32(12-3-1)29-45-40-16-6-8-18-43(40)49(44-19-9-7-17-41(44)45)35-23-21-33(22-24-35)36-25-27-42-46-30-37(26-28-47(46)50-48(42)31-36)39-20-10-14-34-13-4-5-15-38(34)39/h1-28,30-31H,29H2/i1D,2D,3D,6D,7D,8D,9D,11D,12D,16D,17D,18D,19D,21D,22D,23D,24D. The molecule has 234 valence electrons. The Bertz CT molecular complexity index is 3730. The summed E-state index contributed by atoms with van der Waals surface area (Å²) < 4.78 is 158. The first-order valence-corrected chi connectivity index (χ1v) is 15.9. The van der Waals surface area contributed by atoms with E-state index in [-0.39, 0.29) is 33.0 Å². The molecule has 0 fully saturated rings. The van der Waals surface area contributed by atoms with Crippen LogP contribution in [0.1, 0.15) is 34.4 Å². The number of hydrogen-bond donors (Lipinski definition) is 0. The van der Waals surface area contributed by atoms with Crippen LogP contribution in [0.2, 0.25) is 0 Å². The van der Waals surface area contributed by atoms with Crippen LogP contribution in [0.3, 0.4) is 0 Å². The molecule has 1 nitrogen and oxygen atoms in total. The van der Waals surface area contributed by atoms with Gasteiger partial charge in [0.2, 0.25) is 0 Å². The third-order valence-corrected chi connectivity index (χ3v) is 9.12. The summed E-state index contributed by atoms with van der Waals surface area (Å²) in [6.45, 7) is 0. The molecule has 0 aliphatic rings. The highest BCUT2D eigenvalue weighted by molar-refractivity contribution is 6.15. The minimum atomic E-state index is -0.775. The van der Waals surface area contributed by atoms with Crippen molar-refractivity contribution in [3.63, 3.8) is 0 Å². The lowest BCUT2D eigenvalue weighted by molar-refractivity contribution is 0.669. The zero-order valence-corrected chi connectivity index (χ0v) is 26.1. The summed E-state index contributed by atoms with van der Waals surface area (Å²) in [4.78, 5) is 0. The van der Waals surface area contributed by atoms with Crippen LogP contribution in [0, 0.1) is 0 Å². The number of hydrogen-bond acceptors (Lipinski definition) is 1. The summed E-state index contributed by atoms with van der Waals surface area (Å²) >= 11 is 0. The zero-order chi connectivity index (χ0) is 47.8. The van der Waals surface area contributed by atoms with Gasteiger partial charge in [-0.15, -0.1) is 0 Å². The maximum atomic E-state index is 9.51. The summed E-state index contributed by atoms with van der Waals surface area (Å²) in [6.07, 6.45) is -0.657. The van der Waals surface area contributed by atoms with Crippen molar-refractivity contribution in [3.05, 3.63) is 193 Å². The average Bonchev–Trinajstić information content (AvgIpc) is 3.70. The molecule has 0 bridgehead atoms. The molecular weight excluding hydrogens is 605 g/mol. The predicted molar refractivity (Wildman–Crippen MR) is 212 cm³/mol. The molecule has 0 unspecified atom stereocenters. The van der Waals surface area contributed by atoms with E-state index >= 15 is 0 Å². The summed E-state index contributed by atoms with van der Waals surface area (Å²) in [6, 6.07) is 13.3. The van der Waals surface area contributed by atoms with E-state index in [9.17, 15) is 11.0 Å². The fraction of sp³-hybridized carbons (Fsp3) is 0.0204. The van der Waals surface area contributed by atoms with E-state index in [4.69, 9.17) is 16.8 Å². The number of furan rings is 1. The topological polar surface area (TPSA) is 13.1 Å². The van der Waals surface area contributed by atoms with Gasteiger partial charge in [0, 0.05) is 10.8 Å². The molecule has 0 spiro atoms. The Balaban J connectivity index is 1.24. The van der Waals surface area contributed by atoms with Crippen LogP contribution in [-0.4, -0.2) is 0 Å². The Kier molecular flexibility index (Phi) is 3.79. The summed E-state index contributed by atoms with van der Waals surface area (Å²) in [5.41, 5.74) is 1.63. The van der Waals surface area contributed by atoms with Gasteiger partial charge in [-0.3, -0.25) is 0 Å². The molecule has 0 saturated carbocycles. The first kappa shape index (κ1) is 16.3. The molecule has 0 atom stereocenters. The minimum absolute atomic E-state index is 0.132. The largest absolute Gasteiger partial charge is 0.456 e. The number of fused-ring (bicyclic) bond motifs is 6. The Labute approximate surface area is 314 Å². The van der Waals surface area contributed by atoms with E-state index < -0.39 is 131 Å². The molecule has 0 amide bonds. The van der Waals surface area contributed by atoms with Crippen molar-refractivity contribution in [1.82, 2.24) is 0 Å². The summed E-state index contributed by atoms with van der Waals surface area (Å²) in [5, 5.41) is 2.18. The van der Waals surface area contributed by atoms with Crippen LogP contribution in [0.15, 0.2) is 186 Å². The van der Waals surface area contributed by atoms with Gasteiger partial charge in [0.15, 0.2) is 0 Å². The van der Waals surface area contributed by atoms with Gasteiger partial charge in [0.05, 0.1) is 23.3 Å². The molecule has 0 saturated heterocycles. The Hall–Kier alpha value is -6.44. The van der Waals surface area contributed by atoms with E-state index in [1.54, 1.807) is 18.2 Å². The molecule has 0 aliphatic carbocycles. The molecule has 0 aliphatic heterocycles. The Morgan fingerprint density at radius 1 is 0.420 bits per heavy atom. The molecule has 10 aromatic rings. The van der Waals surface area contributed by atoms with Crippen LogP contribution in [0.5, 0.6) is 0 Å². The highest BCUT2D eigenvalue weighted by Gasteiger charge is 2.16. The normalized spacial score (nSPS) is 16.4. The second-order valence-electron chi connectivity index (χ2n) is 11.9. The number of benzene rings is 9. The monoisotopic (exact) mass is 653 g/mol. The summed E-state index contributed by atoms with van der Waals surface area (Å²) in [5.74, 6) is 0. The molecule has 0 N–H and O–H groups in total. The van der Waals surface area contributed by atoms with E-state index in [0.717, 1.165) is 32.7 Å². The van der Waals surface area contributed by atoms with Crippen LogP contribution in [0.25, 0.3) is 87.6 Å². The highest BCUT2D eigenvalue weighted by atomic mass is 16.3. The van der Waals surface area contributed by atoms with Crippen molar-refractivity contribution in [3.8, 4) is 33.4 Å². The van der Waals surface area contributed by atoms with Crippen LogP contribution in [-0.2, 0) is 6.42 Å². The first-order chi connectivity index (χ1) is 31.8. The second kappa shape index (κ2) is 11.6. The quantitative estimate of drug-likeness (QED) is 0.169. The third kappa shape index (κ3) is 4.70. The van der Waals surface area contributed by atoms with Gasteiger partial charge >= 0.3 is 0 Å². The molecule has 9 aromatic carbocycles. The second-order valence-corrected chi connectivity index (χ2v) is 11.9. The molecule has 1 heterocycles. The molecular formula is C49H32O. The van der Waals surface area contributed by atoms with Crippen molar-refractivity contribution in [2.24, 2.45) is 0 Å². The Morgan fingerprint density at radius 3 is 1.86 bits per heavy atom. The highest BCUT2D eigenvalue weighted by Crippen LogP contribution is 2.41. The molecule has 50 heavy (non-hydrogen) atoms. The van der Waals surface area contributed by atoms with Crippen molar-refractivity contribution in [2.75, 3.05) is 0 Å². The predicted octanol–water partition coefficient (Wildman–Crippen LogP) is 13.6. The fourth-order valence-electron chi connectivity index (χ4n) is 6.83. The lowest BCUT2D eigenvalue weighted by atomic mass is 9.86. The van der Waals surface area contributed by atoms with Gasteiger partial charge in [0.25, 0.3) is 0 Å². The van der Waals surface area contributed by atoms with Crippen LogP contribution in [0.4, 0.5) is 0 Å². The summed E-state index contributed by atoms with van der Waals surface area (Å²) in [7, 11) is 0. The average molecular weight is 654 g/mol. The van der Waals surface area contributed by atoms with Gasteiger partial charge in [-0.05, 0) is 108 Å². The van der Waals surface area contributed by atoms with E-state index in [0.29, 0.717) is 11.2 Å². The number of rotatable bonds is 5. The van der Waals surface area contributed by atoms with Gasteiger partial charge in [-0.25, -0.2) is 0 Å². The first-order valence-electron chi connectivity index (χ1n) is 24.4. The fourth-order valence-corrected chi connectivity index (χ4v) is 6.83. The van der Waals surface area contributed by atoms with Gasteiger partial charge in [0.1, 0.15) is 11.2 Å². The SMILES string of the molecule is [2H]c1c([2H])c([2H])c(Cc2c3c([2H])c([2H])c([2H])c([2H])c3c(-c3c([2H])c([2H])c(-c4ccc5c(c4)oc4ccc(-c6cccc7ccccc67)cc45)c([2H])c3[2H])c3c([2H])c([2H])c([2H])c([2H])c23)c([2H])c1[2H]. The van der Waals surface area contributed by atoms with Crippen molar-refractivity contribution >= 4 is 54.3 Å². The Morgan fingerprint density at radius 2 is 1.08 bits per heavy atom. The molecule has 0 radical (unpaired) electrons. The lowest BCUT2D eigenvalue weighted by Gasteiger charge is -2.18. The van der Waals surface area contributed by atoms with E-state index in [1.807, 2.05) is 54.6 Å². The van der Waals surface area contributed by atoms with E-state index in [2.05, 4.69) is 6.07 Å². The van der Waals surface area contributed by atoms with Crippen molar-refractivity contribution in [1.29, 1.82) is 0 Å². The third-order valence-electron chi connectivity index (χ3n) is 9.12. The van der Waals surface area contributed by atoms with Gasteiger partial charge in [-0.1, -0.05) is 157 Å². The van der Waals surface area contributed by atoms with Gasteiger partial charge < -0.3 is 4.42 Å². The van der Waals surface area contributed by atoms with E-state index in [1.165, 1.54) is 0 Å². The smallest absolute Gasteiger partial charge is 0.136 e. The van der Waals surface area contributed by atoms with Crippen LogP contribution >= 0.6 is 0 Å². The lowest BCUT2D eigenvalue weighted by Crippen LogP contribution is -1.95.